The maximum Gasteiger partial charge on any atom is 0.241 e. The van der Waals surface area contributed by atoms with E-state index in [9.17, 15) is 8.42 Å². The number of nitrogen functional groups attached to an aromatic ring is 1. The molecule has 0 amide bonds. The van der Waals surface area contributed by atoms with Crippen LogP contribution in [0.1, 0.15) is 40.0 Å². The van der Waals surface area contributed by atoms with Crippen LogP contribution in [0.15, 0.2) is 27.6 Å². The first-order valence-electron chi connectivity index (χ1n) is 6.39. The Labute approximate surface area is 124 Å². The molecule has 0 heterocycles. The molecule has 0 spiro atoms. The van der Waals surface area contributed by atoms with Gasteiger partial charge >= 0.3 is 0 Å². The number of halogens is 1. The minimum absolute atomic E-state index is 0.202. The molecule has 0 aliphatic rings. The molecule has 0 saturated heterocycles. The van der Waals surface area contributed by atoms with Crippen molar-refractivity contribution >= 4 is 31.6 Å². The van der Waals surface area contributed by atoms with Crippen molar-refractivity contribution in [3.63, 3.8) is 0 Å². The third kappa shape index (κ3) is 3.70. The molecule has 0 aromatic heterocycles. The minimum Gasteiger partial charge on any atom is -0.398 e. The molecule has 3 N–H and O–H groups in total. The van der Waals surface area contributed by atoms with E-state index in [1.165, 1.54) is 6.07 Å². The van der Waals surface area contributed by atoms with Gasteiger partial charge in [-0.3, -0.25) is 0 Å². The van der Waals surface area contributed by atoms with Crippen molar-refractivity contribution in [2.45, 2.75) is 50.5 Å². The molecule has 0 aliphatic carbocycles. The van der Waals surface area contributed by atoms with Crippen molar-refractivity contribution in [1.29, 1.82) is 0 Å². The van der Waals surface area contributed by atoms with E-state index in [-0.39, 0.29) is 10.4 Å². The van der Waals surface area contributed by atoms with E-state index >= 15 is 0 Å². The van der Waals surface area contributed by atoms with Crippen molar-refractivity contribution in [3.05, 3.63) is 22.7 Å². The van der Waals surface area contributed by atoms with Gasteiger partial charge in [0.2, 0.25) is 10.0 Å². The van der Waals surface area contributed by atoms with E-state index in [1.807, 2.05) is 20.8 Å². The van der Waals surface area contributed by atoms with Gasteiger partial charge in [-0.25, -0.2) is 13.1 Å². The van der Waals surface area contributed by atoms with E-state index in [4.69, 9.17) is 5.73 Å². The number of hydrogen-bond acceptors (Lipinski definition) is 3. The highest BCUT2D eigenvalue weighted by Crippen LogP contribution is 2.26. The highest BCUT2D eigenvalue weighted by molar-refractivity contribution is 9.10. The van der Waals surface area contributed by atoms with Crippen LogP contribution in [-0.4, -0.2) is 14.0 Å². The van der Waals surface area contributed by atoms with Crippen molar-refractivity contribution in [2.75, 3.05) is 5.73 Å². The van der Waals surface area contributed by atoms with Crippen molar-refractivity contribution < 1.29 is 8.42 Å². The summed E-state index contributed by atoms with van der Waals surface area (Å²) in [4.78, 5) is 0.202. The van der Waals surface area contributed by atoms with Gasteiger partial charge in [0.25, 0.3) is 0 Å². The van der Waals surface area contributed by atoms with Crippen LogP contribution in [0.2, 0.25) is 0 Å². The van der Waals surface area contributed by atoms with Crippen molar-refractivity contribution in [2.24, 2.45) is 0 Å². The number of benzene rings is 1. The lowest BCUT2D eigenvalue weighted by Gasteiger charge is -2.31. The molecule has 6 heteroatoms. The second kappa shape index (κ2) is 6.24. The molecule has 108 valence electrons. The molecule has 1 aromatic rings. The number of rotatable bonds is 6. The summed E-state index contributed by atoms with van der Waals surface area (Å²) in [6.07, 6.45) is 2.27. The Balaban J connectivity index is 3.14. The summed E-state index contributed by atoms with van der Waals surface area (Å²) in [5, 5.41) is 0. The van der Waals surface area contributed by atoms with Crippen molar-refractivity contribution in [3.8, 4) is 0 Å². The van der Waals surface area contributed by atoms with Gasteiger partial charge in [0, 0.05) is 15.7 Å². The predicted molar refractivity (Wildman–Crippen MR) is 82.5 cm³/mol. The van der Waals surface area contributed by atoms with Gasteiger partial charge in [0.15, 0.2) is 0 Å². The monoisotopic (exact) mass is 348 g/mol. The van der Waals surface area contributed by atoms with Gasteiger partial charge in [-0.15, -0.1) is 0 Å². The molecule has 19 heavy (non-hydrogen) atoms. The quantitative estimate of drug-likeness (QED) is 0.774. The lowest BCUT2D eigenvalue weighted by Crippen LogP contribution is -2.46. The summed E-state index contributed by atoms with van der Waals surface area (Å²) >= 11 is 3.26. The molecule has 0 radical (unpaired) electrons. The molecule has 0 bridgehead atoms. The zero-order valence-electron chi connectivity index (χ0n) is 11.5. The summed E-state index contributed by atoms with van der Waals surface area (Å²) in [7, 11) is -3.54. The summed E-state index contributed by atoms with van der Waals surface area (Å²) in [6, 6.07) is 4.67. The fourth-order valence-electron chi connectivity index (χ4n) is 2.00. The molecule has 0 atom stereocenters. The molecular formula is C13H21BrN2O2S. The Morgan fingerprint density at radius 3 is 2.16 bits per heavy atom. The average molecular weight is 349 g/mol. The smallest absolute Gasteiger partial charge is 0.241 e. The van der Waals surface area contributed by atoms with Crippen molar-refractivity contribution in [1.82, 2.24) is 4.72 Å². The Hall–Kier alpha value is -0.590. The van der Waals surface area contributed by atoms with E-state index < -0.39 is 10.0 Å². The molecule has 1 rings (SSSR count). The number of hydrogen-bond donors (Lipinski definition) is 2. The van der Waals surface area contributed by atoms with E-state index in [2.05, 4.69) is 20.7 Å². The van der Waals surface area contributed by atoms with Gasteiger partial charge < -0.3 is 5.73 Å². The lowest BCUT2D eigenvalue weighted by atomic mass is 9.91. The van der Waals surface area contributed by atoms with E-state index in [0.717, 1.165) is 19.3 Å². The molecular weight excluding hydrogens is 328 g/mol. The molecule has 4 nitrogen and oxygen atoms in total. The van der Waals surface area contributed by atoms with Gasteiger partial charge in [-0.05, 0) is 53.4 Å². The molecule has 0 unspecified atom stereocenters. The number of sulfonamides is 1. The number of nitrogens with two attached hydrogens (primary N) is 1. The molecule has 1 aromatic carbocycles. The lowest BCUT2D eigenvalue weighted by molar-refractivity contribution is 0.341. The second-order valence-corrected chi connectivity index (χ2v) is 7.17. The van der Waals surface area contributed by atoms with Crippen LogP contribution in [0, 0.1) is 0 Å². The third-order valence-electron chi connectivity index (χ3n) is 3.66. The van der Waals surface area contributed by atoms with Gasteiger partial charge in [0.1, 0.15) is 0 Å². The second-order valence-electron chi connectivity index (χ2n) is 4.63. The topological polar surface area (TPSA) is 72.2 Å². The number of nitrogens with one attached hydrogen (secondary N) is 1. The average Bonchev–Trinajstić information content (AvgIpc) is 2.39. The zero-order valence-corrected chi connectivity index (χ0v) is 13.9. The normalized spacial score (nSPS) is 12.6. The van der Waals surface area contributed by atoms with Crippen LogP contribution >= 0.6 is 15.9 Å². The highest BCUT2D eigenvalue weighted by atomic mass is 79.9. The van der Waals surface area contributed by atoms with Crippen LogP contribution in [0.3, 0.4) is 0 Å². The van der Waals surface area contributed by atoms with Crippen LogP contribution in [0.25, 0.3) is 0 Å². The Kier molecular flexibility index (Phi) is 5.41. The first kappa shape index (κ1) is 16.5. The maximum absolute atomic E-state index is 12.4. The Bertz CT molecular complexity index is 531. The Morgan fingerprint density at radius 1 is 1.21 bits per heavy atom. The van der Waals surface area contributed by atoms with Gasteiger partial charge in [-0.2, -0.15) is 0 Å². The van der Waals surface area contributed by atoms with E-state index in [0.29, 0.717) is 10.2 Å². The standard InChI is InChI=1S/C13H21BrN2O2S/c1-4-13(5-2,6-3)16-19(17,18)10-7-8-11(14)12(15)9-10/h7-9,16H,4-6,15H2,1-3H3. The summed E-state index contributed by atoms with van der Waals surface area (Å²) < 4.78 is 28.3. The SMILES string of the molecule is CCC(CC)(CC)NS(=O)(=O)c1ccc(Br)c(N)c1. The summed E-state index contributed by atoms with van der Waals surface area (Å²) in [6.45, 7) is 5.97. The first-order valence-corrected chi connectivity index (χ1v) is 8.67. The molecule has 0 aliphatic heterocycles. The van der Waals surface area contributed by atoms with Crippen LogP contribution in [0.5, 0.6) is 0 Å². The highest BCUT2D eigenvalue weighted by Gasteiger charge is 2.30. The fraction of sp³-hybridized carbons (Fsp3) is 0.538. The van der Waals surface area contributed by atoms with Gasteiger partial charge in [-0.1, -0.05) is 20.8 Å². The fourth-order valence-corrected chi connectivity index (χ4v) is 3.90. The largest absolute Gasteiger partial charge is 0.398 e. The zero-order chi connectivity index (χ0) is 14.7. The summed E-state index contributed by atoms with van der Waals surface area (Å²) in [5.74, 6) is 0. The Morgan fingerprint density at radius 2 is 1.74 bits per heavy atom. The third-order valence-corrected chi connectivity index (χ3v) is 5.96. The maximum atomic E-state index is 12.4. The predicted octanol–water partition coefficient (Wildman–Crippen LogP) is 3.28. The van der Waals surface area contributed by atoms with Crippen LogP contribution in [0.4, 0.5) is 5.69 Å². The van der Waals surface area contributed by atoms with Crippen LogP contribution in [-0.2, 0) is 10.0 Å². The molecule has 0 fully saturated rings. The van der Waals surface area contributed by atoms with E-state index in [1.54, 1.807) is 12.1 Å². The van der Waals surface area contributed by atoms with Crippen LogP contribution < -0.4 is 10.5 Å². The summed E-state index contributed by atoms with van der Waals surface area (Å²) in [5.41, 5.74) is 5.77. The number of anilines is 1. The molecule has 0 saturated carbocycles. The first-order chi connectivity index (χ1) is 8.80. The van der Waals surface area contributed by atoms with Gasteiger partial charge in [0.05, 0.1) is 4.90 Å². The minimum atomic E-state index is -3.54.